The van der Waals surface area contributed by atoms with E-state index in [0.717, 1.165) is 6.42 Å². The molecule has 2 N–H and O–H groups in total. The number of hydrogen-bond donors (Lipinski definition) is 2. The van der Waals surface area contributed by atoms with Gasteiger partial charge in [0.2, 0.25) is 11.8 Å². The Balaban J connectivity index is 1.83. The lowest BCUT2D eigenvalue weighted by Gasteiger charge is -2.34. The summed E-state index contributed by atoms with van der Waals surface area (Å²) in [6, 6.07) is 8.87. The molecule has 2 rings (SSSR count). The zero-order valence-corrected chi connectivity index (χ0v) is 14.1. The Kier molecular flexibility index (Phi) is 6.17. The number of para-hydroxylation sites is 1. The van der Waals surface area contributed by atoms with Crippen molar-refractivity contribution in [3.8, 4) is 0 Å². The molecular weight excluding hydrogens is 308 g/mol. The summed E-state index contributed by atoms with van der Waals surface area (Å²) in [6.07, 6.45) is 0.840. The maximum Gasteiger partial charge on any atom is 0.322 e. The third-order valence-corrected chi connectivity index (χ3v) is 3.99. The fourth-order valence-corrected chi connectivity index (χ4v) is 2.37. The van der Waals surface area contributed by atoms with Gasteiger partial charge in [0.15, 0.2) is 0 Å². The lowest BCUT2D eigenvalue weighted by Crippen LogP contribution is -2.55. The van der Waals surface area contributed by atoms with Gasteiger partial charge in [-0.2, -0.15) is 0 Å². The van der Waals surface area contributed by atoms with Crippen molar-refractivity contribution in [2.24, 2.45) is 0 Å². The molecule has 1 saturated heterocycles. The van der Waals surface area contributed by atoms with Crippen LogP contribution in [0.1, 0.15) is 20.3 Å². The van der Waals surface area contributed by atoms with Gasteiger partial charge in [0.25, 0.3) is 0 Å². The molecule has 24 heavy (non-hydrogen) atoms. The van der Waals surface area contributed by atoms with Gasteiger partial charge in [0.1, 0.15) is 6.54 Å². The van der Waals surface area contributed by atoms with Gasteiger partial charge in [-0.15, -0.1) is 0 Å². The van der Waals surface area contributed by atoms with Crippen LogP contribution in [-0.4, -0.2) is 59.9 Å². The Morgan fingerprint density at radius 3 is 2.54 bits per heavy atom. The summed E-state index contributed by atoms with van der Waals surface area (Å²) < 4.78 is 0. The molecule has 0 spiro atoms. The maximum atomic E-state index is 12.2. The van der Waals surface area contributed by atoms with Gasteiger partial charge in [-0.3, -0.25) is 9.59 Å². The molecule has 0 aromatic heterocycles. The molecule has 0 radical (unpaired) electrons. The molecule has 7 heteroatoms. The number of amides is 4. The summed E-state index contributed by atoms with van der Waals surface area (Å²) in [5.74, 6) is -0.386. The average molecular weight is 332 g/mol. The van der Waals surface area contributed by atoms with Crippen molar-refractivity contribution in [3.05, 3.63) is 30.3 Å². The number of nitrogens with one attached hydrogen (secondary N) is 2. The highest BCUT2D eigenvalue weighted by atomic mass is 16.2. The molecule has 1 aliphatic rings. The highest BCUT2D eigenvalue weighted by molar-refractivity contribution is 5.94. The van der Waals surface area contributed by atoms with Crippen molar-refractivity contribution in [3.63, 3.8) is 0 Å². The minimum Gasteiger partial charge on any atom is -0.352 e. The number of anilines is 1. The third-order valence-electron chi connectivity index (χ3n) is 3.99. The minimum atomic E-state index is -0.307. The van der Waals surface area contributed by atoms with Crippen LogP contribution >= 0.6 is 0 Å². The number of piperazine rings is 1. The number of hydrogen-bond acceptors (Lipinski definition) is 3. The smallest absolute Gasteiger partial charge is 0.322 e. The maximum absolute atomic E-state index is 12.2. The quantitative estimate of drug-likeness (QED) is 0.852. The minimum absolute atomic E-state index is 0.0186. The van der Waals surface area contributed by atoms with Crippen molar-refractivity contribution in [2.45, 2.75) is 26.3 Å². The Hall–Kier alpha value is -2.57. The Bertz CT molecular complexity index is 591. The summed E-state index contributed by atoms with van der Waals surface area (Å²) in [5.41, 5.74) is 0.685. The van der Waals surface area contributed by atoms with Crippen molar-refractivity contribution >= 4 is 23.5 Å². The first-order chi connectivity index (χ1) is 11.5. The second-order valence-electron chi connectivity index (χ2n) is 5.91. The number of benzene rings is 1. The molecular formula is C17H24N4O3. The molecule has 1 atom stereocenters. The predicted octanol–water partition coefficient (Wildman–Crippen LogP) is 1.28. The second-order valence-corrected chi connectivity index (χ2v) is 5.91. The Morgan fingerprint density at radius 2 is 1.92 bits per heavy atom. The van der Waals surface area contributed by atoms with Crippen molar-refractivity contribution in [1.82, 2.24) is 15.1 Å². The highest BCUT2D eigenvalue weighted by Gasteiger charge is 2.28. The molecule has 0 aliphatic carbocycles. The normalized spacial score (nSPS) is 15.8. The standard InChI is InChI=1S/C17H24N4O3/c1-3-13(2)18-15(22)11-20-9-10-21(12-16(20)23)17(24)19-14-7-5-4-6-8-14/h4-8,13H,3,9-12H2,1-2H3,(H,18,22)(H,19,24). The fourth-order valence-electron chi connectivity index (χ4n) is 2.37. The molecule has 7 nitrogen and oxygen atoms in total. The summed E-state index contributed by atoms with van der Waals surface area (Å²) in [6.45, 7) is 4.69. The van der Waals surface area contributed by atoms with Gasteiger partial charge in [0, 0.05) is 24.8 Å². The summed E-state index contributed by atoms with van der Waals surface area (Å²) in [4.78, 5) is 39.2. The topological polar surface area (TPSA) is 81.8 Å². The van der Waals surface area contributed by atoms with E-state index >= 15 is 0 Å². The van der Waals surface area contributed by atoms with E-state index in [1.807, 2.05) is 32.0 Å². The molecule has 1 aliphatic heterocycles. The van der Waals surface area contributed by atoms with E-state index in [9.17, 15) is 14.4 Å². The summed E-state index contributed by atoms with van der Waals surface area (Å²) in [7, 11) is 0. The molecule has 0 bridgehead atoms. The molecule has 1 heterocycles. The van der Waals surface area contributed by atoms with Crippen LogP contribution in [0, 0.1) is 0 Å². The molecule has 1 unspecified atom stereocenters. The summed E-state index contributed by atoms with van der Waals surface area (Å²) in [5, 5.41) is 5.60. The predicted molar refractivity (Wildman–Crippen MR) is 91.5 cm³/mol. The van der Waals surface area contributed by atoms with E-state index in [0.29, 0.717) is 18.8 Å². The van der Waals surface area contributed by atoms with Crippen molar-refractivity contribution in [1.29, 1.82) is 0 Å². The number of carbonyl (C=O) groups excluding carboxylic acids is 3. The number of urea groups is 1. The number of rotatable bonds is 5. The van der Waals surface area contributed by atoms with E-state index in [1.54, 1.807) is 12.1 Å². The van der Waals surface area contributed by atoms with E-state index < -0.39 is 0 Å². The SMILES string of the molecule is CCC(C)NC(=O)CN1CCN(C(=O)Nc2ccccc2)CC1=O. The monoisotopic (exact) mass is 332 g/mol. The van der Waals surface area contributed by atoms with Gasteiger partial charge >= 0.3 is 6.03 Å². The van der Waals surface area contributed by atoms with Crippen LogP contribution in [0.3, 0.4) is 0 Å². The van der Waals surface area contributed by atoms with Gasteiger partial charge in [-0.05, 0) is 25.5 Å². The van der Waals surface area contributed by atoms with E-state index in [1.165, 1.54) is 9.80 Å². The lowest BCUT2D eigenvalue weighted by atomic mass is 10.2. The number of nitrogens with zero attached hydrogens (tertiary/aromatic N) is 2. The molecule has 1 aromatic rings. The van der Waals surface area contributed by atoms with Crippen LogP contribution < -0.4 is 10.6 Å². The van der Waals surface area contributed by atoms with Crippen LogP contribution in [0.15, 0.2) is 30.3 Å². The molecule has 4 amide bonds. The zero-order valence-electron chi connectivity index (χ0n) is 14.1. The molecule has 1 fully saturated rings. The van der Waals surface area contributed by atoms with Crippen LogP contribution in [0.25, 0.3) is 0 Å². The van der Waals surface area contributed by atoms with Gasteiger partial charge in [-0.1, -0.05) is 25.1 Å². The van der Waals surface area contributed by atoms with E-state index in [4.69, 9.17) is 0 Å². The molecule has 0 saturated carbocycles. The van der Waals surface area contributed by atoms with Gasteiger partial charge in [0.05, 0.1) is 6.54 Å². The lowest BCUT2D eigenvalue weighted by molar-refractivity contribution is -0.139. The fraction of sp³-hybridized carbons (Fsp3) is 0.471. The first kappa shape index (κ1) is 17.8. The second kappa shape index (κ2) is 8.33. The van der Waals surface area contributed by atoms with Crippen LogP contribution in [0.5, 0.6) is 0 Å². The van der Waals surface area contributed by atoms with Crippen LogP contribution in [0.4, 0.5) is 10.5 Å². The summed E-state index contributed by atoms with van der Waals surface area (Å²) >= 11 is 0. The van der Waals surface area contributed by atoms with Crippen LogP contribution in [-0.2, 0) is 9.59 Å². The largest absolute Gasteiger partial charge is 0.352 e. The van der Waals surface area contributed by atoms with Gasteiger partial charge < -0.3 is 20.4 Å². The first-order valence-corrected chi connectivity index (χ1v) is 8.17. The van der Waals surface area contributed by atoms with Crippen LogP contribution in [0.2, 0.25) is 0 Å². The average Bonchev–Trinajstić information content (AvgIpc) is 2.57. The van der Waals surface area contributed by atoms with Gasteiger partial charge in [-0.25, -0.2) is 4.79 Å². The Labute approximate surface area is 142 Å². The van der Waals surface area contributed by atoms with E-state index in [-0.39, 0.29) is 37.0 Å². The molecule has 1 aromatic carbocycles. The zero-order chi connectivity index (χ0) is 17.5. The molecule has 130 valence electrons. The Morgan fingerprint density at radius 1 is 1.21 bits per heavy atom. The first-order valence-electron chi connectivity index (χ1n) is 8.17. The third kappa shape index (κ3) is 4.97. The highest BCUT2D eigenvalue weighted by Crippen LogP contribution is 2.09. The van der Waals surface area contributed by atoms with E-state index in [2.05, 4.69) is 10.6 Å². The van der Waals surface area contributed by atoms with Crippen molar-refractivity contribution < 1.29 is 14.4 Å². The van der Waals surface area contributed by atoms with Crippen molar-refractivity contribution in [2.75, 3.05) is 31.5 Å². The number of carbonyl (C=O) groups is 3.